The molecular weight excluding hydrogens is 296 g/mol. The highest BCUT2D eigenvalue weighted by Gasteiger charge is 2.15. The molecule has 0 spiro atoms. The van der Waals surface area contributed by atoms with Gasteiger partial charge in [0.1, 0.15) is 5.75 Å². The van der Waals surface area contributed by atoms with Gasteiger partial charge in [0.05, 0.1) is 0 Å². The van der Waals surface area contributed by atoms with Crippen LogP contribution in [0.4, 0.5) is 0 Å². The van der Waals surface area contributed by atoms with E-state index in [0.29, 0.717) is 12.3 Å². The number of nitrogens with one attached hydrogen (secondary N) is 2. The lowest BCUT2D eigenvalue weighted by Crippen LogP contribution is -2.44. The van der Waals surface area contributed by atoms with Crippen LogP contribution in [0.15, 0.2) is 60.7 Å². The number of ether oxygens (including phenoxy) is 1. The Bertz CT molecular complexity index is 617. The molecule has 1 amide bonds. The largest absolute Gasteiger partial charge is 0.481 e. The first-order chi connectivity index (χ1) is 10.6. The second-order valence-electron chi connectivity index (χ2n) is 4.73. The van der Waals surface area contributed by atoms with Crippen LogP contribution in [-0.2, 0) is 11.3 Å². The van der Waals surface area contributed by atoms with E-state index in [1.54, 1.807) is 19.1 Å². The minimum Gasteiger partial charge on any atom is -0.481 e. The van der Waals surface area contributed by atoms with Crippen molar-refractivity contribution in [3.8, 4) is 5.75 Å². The van der Waals surface area contributed by atoms with Gasteiger partial charge in [0.25, 0.3) is 5.91 Å². The summed E-state index contributed by atoms with van der Waals surface area (Å²) in [6, 6.07) is 19.0. The highest BCUT2D eigenvalue weighted by Crippen LogP contribution is 2.10. The maximum absolute atomic E-state index is 12.0. The molecule has 0 saturated carbocycles. The molecule has 1 unspecified atom stereocenters. The van der Waals surface area contributed by atoms with Crippen molar-refractivity contribution in [2.75, 3.05) is 0 Å². The summed E-state index contributed by atoms with van der Waals surface area (Å²) >= 11 is 5.11. The van der Waals surface area contributed by atoms with Crippen LogP contribution in [0.1, 0.15) is 12.5 Å². The van der Waals surface area contributed by atoms with E-state index in [0.717, 1.165) is 5.56 Å². The SMILES string of the molecule is CC(Oc1ccccc1)C(=O)NC(=S)NCc1ccccc1. The van der Waals surface area contributed by atoms with Crippen molar-refractivity contribution in [2.24, 2.45) is 0 Å². The summed E-state index contributed by atoms with van der Waals surface area (Å²) in [5, 5.41) is 5.91. The van der Waals surface area contributed by atoms with E-state index in [4.69, 9.17) is 17.0 Å². The minimum absolute atomic E-state index is 0.283. The molecule has 0 aliphatic carbocycles. The van der Waals surface area contributed by atoms with Crippen molar-refractivity contribution in [1.29, 1.82) is 0 Å². The molecule has 0 fully saturated rings. The third-order valence-corrected chi connectivity index (χ3v) is 3.20. The zero-order valence-corrected chi connectivity index (χ0v) is 13.1. The molecule has 0 heterocycles. The van der Waals surface area contributed by atoms with Gasteiger partial charge in [-0.2, -0.15) is 0 Å². The molecule has 5 heteroatoms. The van der Waals surface area contributed by atoms with Crippen LogP contribution < -0.4 is 15.4 Å². The standard InChI is InChI=1S/C17H18N2O2S/c1-13(21-15-10-6-3-7-11-15)16(20)19-17(22)18-12-14-8-4-2-5-9-14/h2-11,13H,12H2,1H3,(H2,18,19,20,22). The number of hydrogen-bond donors (Lipinski definition) is 2. The number of hydrogen-bond acceptors (Lipinski definition) is 3. The molecule has 0 radical (unpaired) electrons. The lowest BCUT2D eigenvalue weighted by atomic mass is 10.2. The molecule has 114 valence electrons. The molecule has 0 aliphatic heterocycles. The average molecular weight is 314 g/mol. The first kappa shape index (κ1) is 16.0. The molecule has 1 atom stereocenters. The van der Waals surface area contributed by atoms with E-state index in [9.17, 15) is 4.79 Å². The fourth-order valence-electron chi connectivity index (χ4n) is 1.79. The van der Waals surface area contributed by atoms with E-state index in [2.05, 4.69) is 10.6 Å². The molecule has 0 bridgehead atoms. The Morgan fingerprint density at radius 3 is 2.32 bits per heavy atom. The van der Waals surface area contributed by atoms with Gasteiger partial charge in [-0.1, -0.05) is 48.5 Å². The Morgan fingerprint density at radius 1 is 1.09 bits per heavy atom. The van der Waals surface area contributed by atoms with E-state index in [1.165, 1.54) is 0 Å². The Kier molecular flexibility index (Phi) is 5.91. The van der Waals surface area contributed by atoms with Gasteiger partial charge < -0.3 is 10.1 Å². The van der Waals surface area contributed by atoms with E-state index >= 15 is 0 Å². The van der Waals surface area contributed by atoms with Crippen molar-refractivity contribution in [2.45, 2.75) is 19.6 Å². The normalized spacial score (nSPS) is 11.3. The topological polar surface area (TPSA) is 50.4 Å². The third kappa shape index (κ3) is 5.18. The van der Waals surface area contributed by atoms with Gasteiger partial charge in [0.15, 0.2) is 11.2 Å². The molecule has 2 aromatic rings. The van der Waals surface area contributed by atoms with Gasteiger partial charge in [-0.05, 0) is 36.8 Å². The van der Waals surface area contributed by atoms with Crippen LogP contribution in [0, 0.1) is 0 Å². The molecule has 0 saturated heterocycles. The van der Waals surface area contributed by atoms with Crippen molar-refractivity contribution >= 4 is 23.2 Å². The highest BCUT2D eigenvalue weighted by molar-refractivity contribution is 7.80. The Balaban J connectivity index is 1.77. The fourth-order valence-corrected chi connectivity index (χ4v) is 1.97. The molecule has 22 heavy (non-hydrogen) atoms. The quantitative estimate of drug-likeness (QED) is 0.833. The van der Waals surface area contributed by atoms with Crippen molar-refractivity contribution in [3.63, 3.8) is 0 Å². The Morgan fingerprint density at radius 2 is 1.68 bits per heavy atom. The molecule has 0 aliphatic rings. The maximum atomic E-state index is 12.0. The van der Waals surface area contributed by atoms with Crippen molar-refractivity contribution < 1.29 is 9.53 Å². The van der Waals surface area contributed by atoms with Crippen molar-refractivity contribution in [1.82, 2.24) is 10.6 Å². The monoisotopic (exact) mass is 314 g/mol. The summed E-state index contributed by atoms with van der Waals surface area (Å²) in [6.45, 7) is 2.25. The predicted octanol–water partition coefficient (Wildman–Crippen LogP) is 2.64. The van der Waals surface area contributed by atoms with Crippen LogP contribution in [-0.4, -0.2) is 17.1 Å². The van der Waals surface area contributed by atoms with E-state index < -0.39 is 6.10 Å². The average Bonchev–Trinajstić information content (AvgIpc) is 2.55. The van der Waals surface area contributed by atoms with Crippen LogP contribution in [0.5, 0.6) is 5.75 Å². The van der Waals surface area contributed by atoms with Gasteiger partial charge in [-0.15, -0.1) is 0 Å². The maximum Gasteiger partial charge on any atom is 0.266 e. The summed E-state index contributed by atoms with van der Waals surface area (Å²) in [5.41, 5.74) is 1.09. The van der Waals surface area contributed by atoms with Crippen LogP contribution in [0.2, 0.25) is 0 Å². The smallest absolute Gasteiger partial charge is 0.266 e. The summed E-state index contributed by atoms with van der Waals surface area (Å²) in [7, 11) is 0. The summed E-state index contributed by atoms with van der Waals surface area (Å²) in [6.07, 6.45) is -0.626. The fraction of sp³-hybridized carbons (Fsp3) is 0.176. The molecule has 0 aromatic heterocycles. The van der Waals surface area contributed by atoms with Crippen LogP contribution in [0.25, 0.3) is 0 Å². The number of rotatable bonds is 5. The lowest BCUT2D eigenvalue weighted by molar-refractivity contribution is -0.125. The Hall–Kier alpha value is -2.40. The lowest BCUT2D eigenvalue weighted by Gasteiger charge is -2.15. The van der Waals surface area contributed by atoms with Gasteiger partial charge in [0.2, 0.25) is 0 Å². The molecule has 2 aromatic carbocycles. The van der Waals surface area contributed by atoms with Gasteiger partial charge in [0, 0.05) is 6.54 Å². The summed E-state index contributed by atoms with van der Waals surface area (Å²) in [4.78, 5) is 12.0. The molecule has 2 N–H and O–H groups in total. The highest BCUT2D eigenvalue weighted by atomic mass is 32.1. The number of amides is 1. The second kappa shape index (κ2) is 8.14. The zero-order chi connectivity index (χ0) is 15.8. The minimum atomic E-state index is -0.626. The van der Waals surface area contributed by atoms with Crippen molar-refractivity contribution in [3.05, 3.63) is 66.2 Å². The second-order valence-corrected chi connectivity index (χ2v) is 5.14. The number of benzene rings is 2. The van der Waals surface area contributed by atoms with Gasteiger partial charge in [-0.25, -0.2) is 0 Å². The third-order valence-electron chi connectivity index (χ3n) is 2.96. The predicted molar refractivity (Wildman–Crippen MR) is 90.6 cm³/mol. The molecule has 4 nitrogen and oxygen atoms in total. The van der Waals surface area contributed by atoms with E-state index in [1.807, 2.05) is 48.5 Å². The number of para-hydroxylation sites is 1. The molecule has 2 rings (SSSR count). The van der Waals surface area contributed by atoms with Gasteiger partial charge in [-0.3, -0.25) is 10.1 Å². The summed E-state index contributed by atoms with van der Waals surface area (Å²) < 4.78 is 5.54. The van der Waals surface area contributed by atoms with Crippen LogP contribution >= 0.6 is 12.2 Å². The first-order valence-electron chi connectivity index (χ1n) is 6.99. The summed E-state index contributed by atoms with van der Waals surface area (Å²) in [5.74, 6) is 0.364. The number of carbonyl (C=O) groups is 1. The number of thiocarbonyl (C=S) groups is 1. The molecular formula is C17H18N2O2S. The Labute approximate surface area is 135 Å². The van der Waals surface area contributed by atoms with Gasteiger partial charge >= 0.3 is 0 Å². The number of carbonyl (C=O) groups excluding carboxylic acids is 1. The van der Waals surface area contributed by atoms with E-state index in [-0.39, 0.29) is 11.0 Å². The first-order valence-corrected chi connectivity index (χ1v) is 7.40. The van der Waals surface area contributed by atoms with Crippen LogP contribution in [0.3, 0.4) is 0 Å². The zero-order valence-electron chi connectivity index (χ0n) is 12.3.